The Labute approximate surface area is 310 Å². The number of benzene rings is 4. The quantitative estimate of drug-likeness (QED) is 0.142. The average molecular weight is 912 g/mol. The van der Waals surface area contributed by atoms with Gasteiger partial charge in [-0.3, -0.25) is 19.2 Å². The summed E-state index contributed by atoms with van der Waals surface area (Å²) in [5.41, 5.74) is -12.3. The molecule has 2 heterocycles. The van der Waals surface area contributed by atoms with Gasteiger partial charge in [0, 0.05) is 8.95 Å². The summed E-state index contributed by atoms with van der Waals surface area (Å²) in [4.78, 5) is 51.1. The molecule has 0 unspecified atom stereocenters. The molecule has 0 spiro atoms. The van der Waals surface area contributed by atoms with Crippen LogP contribution in [0.4, 0.5) is 26.3 Å². The van der Waals surface area contributed by atoms with Crippen LogP contribution in [0.3, 0.4) is 0 Å². The third-order valence-electron chi connectivity index (χ3n) is 7.96. The fourth-order valence-corrected chi connectivity index (χ4v) is 7.81. The topological polar surface area (TPSA) is 161 Å². The van der Waals surface area contributed by atoms with Crippen molar-refractivity contribution in [3.05, 3.63) is 127 Å². The summed E-state index contributed by atoms with van der Waals surface area (Å²) in [6, 6.07) is 10.5. The first-order valence-corrected chi connectivity index (χ1v) is 18.5. The van der Waals surface area contributed by atoms with Crippen LogP contribution in [0, 0.1) is 0 Å². The van der Waals surface area contributed by atoms with Gasteiger partial charge in [0.2, 0.25) is 5.41 Å². The highest BCUT2D eigenvalue weighted by Crippen LogP contribution is 2.57. The summed E-state index contributed by atoms with van der Waals surface area (Å²) >= 11 is 6.14. The van der Waals surface area contributed by atoms with E-state index in [1.54, 1.807) is 0 Å². The van der Waals surface area contributed by atoms with Crippen molar-refractivity contribution in [1.82, 2.24) is 10.1 Å². The smallest absolute Gasteiger partial charge is 0.266 e. The fraction of sp³-hybridized carbons (Fsp3) is 0.0968. The Bertz CT molecular complexity index is 2300. The second-order valence-corrected chi connectivity index (χ2v) is 15.9. The molecule has 0 N–H and O–H groups in total. The zero-order chi connectivity index (χ0) is 39.1. The number of fused-ring (bicyclic) bond motifs is 2. The van der Waals surface area contributed by atoms with Crippen molar-refractivity contribution < 1.29 is 70.9 Å². The molecule has 2 aliphatic heterocycles. The van der Waals surface area contributed by atoms with Gasteiger partial charge in [0.05, 0.1) is 32.0 Å². The van der Waals surface area contributed by atoms with Crippen LogP contribution in [-0.4, -0.2) is 62.9 Å². The number of alkyl halides is 6. The molecule has 0 radical (unpaired) electrons. The van der Waals surface area contributed by atoms with Crippen molar-refractivity contribution >= 4 is 75.7 Å². The van der Waals surface area contributed by atoms with Gasteiger partial charge in [0.25, 0.3) is 23.6 Å². The molecule has 4 aromatic rings. The molecule has 4 aromatic carbocycles. The van der Waals surface area contributed by atoms with Gasteiger partial charge in [0.1, 0.15) is 0 Å². The van der Waals surface area contributed by atoms with E-state index in [2.05, 4.69) is 40.4 Å². The molecule has 2 aliphatic rings. The number of halogens is 8. The number of hydrogen-bond donors (Lipinski definition) is 0. The molecule has 4 amide bonds. The Kier molecular flexibility index (Phi) is 9.26. The van der Waals surface area contributed by atoms with Gasteiger partial charge in [-0.2, -0.15) is 43.2 Å². The number of carbonyl (C=O) groups excluding carboxylic acids is 4. The van der Waals surface area contributed by atoms with Crippen LogP contribution < -0.4 is 0 Å². The Morgan fingerprint density at radius 2 is 0.774 bits per heavy atom. The van der Waals surface area contributed by atoms with Crippen molar-refractivity contribution in [2.75, 3.05) is 0 Å². The van der Waals surface area contributed by atoms with Crippen molar-refractivity contribution in [3.63, 3.8) is 0 Å². The van der Waals surface area contributed by atoms with E-state index in [9.17, 15) is 36.0 Å². The molecule has 276 valence electrons. The van der Waals surface area contributed by atoms with Crippen LogP contribution in [0.5, 0.6) is 0 Å². The van der Waals surface area contributed by atoms with Crippen LogP contribution in [0.25, 0.3) is 0 Å². The predicted molar refractivity (Wildman–Crippen MR) is 172 cm³/mol. The molecule has 0 saturated heterocycles. The number of nitrogens with zero attached hydrogens (tertiary/aromatic N) is 2. The summed E-state index contributed by atoms with van der Waals surface area (Å²) in [7, 11) is -9.86. The lowest BCUT2D eigenvalue weighted by atomic mass is 9.71. The van der Waals surface area contributed by atoms with E-state index < -0.39 is 105 Å². The van der Waals surface area contributed by atoms with Crippen LogP contribution in [-0.2, 0) is 34.2 Å². The van der Waals surface area contributed by atoms with Crippen molar-refractivity contribution in [2.24, 2.45) is 0 Å². The summed E-state index contributed by atoms with van der Waals surface area (Å²) in [6.07, 6.45) is -12.7. The zero-order valence-corrected chi connectivity index (χ0v) is 30.2. The SMILES string of the molecule is O=C1c2ccc(C(c3ccc4c(c3)C(=O)N(OS(=O)(=O)c3ccc(Br)cc3)C4=O)(C(F)(F)F)C(F)(F)F)cc2C(=O)N1OS(=O)(=O)c1ccc(Br)cc1. The molecule has 0 fully saturated rings. The monoisotopic (exact) mass is 910 g/mol. The molecule has 0 aromatic heterocycles. The highest BCUT2D eigenvalue weighted by Gasteiger charge is 2.73. The molecule has 22 heteroatoms. The normalized spacial score (nSPS) is 15.3. The second-order valence-electron chi connectivity index (χ2n) is 11.0. The molecular weight excluding hydrogens is 898 g/mol. The first kappa shape index (κ1) is 38.3. The molecular formula is C31H14Br2F6N2O10S2. The lowest BCUT2D eigenvalue weighted by molar-refractivity contribution is -0.288. The maximum absolute atomic E-state index is 15.1. The average Bonchev–Trinajstić information content (AvgIpc) is 3.43. The number of carbonyl (C=O) groups is 4. The van der Waals surface area contributed by atoms with Gasteiger partial charge < -0.3 is 0 Å². The maximum atomic E-state index is 15.1. The van der Waals surface area contributed by atoms with Crippen molar-refractivity contribution in [2.45, 2.75) is 27.6 Å². The van der Waals surface area contributed by atoms with Gasteiger partial charge >= 0.3 is 32.6 Å². The molecule has 0 aliphatic carbocycles. The predicted octanol–water partition coefficient (Wildman–Crippen LogP) is 6.46. The Hall–Kier alpha value is -4.48. The Morgan fingerprint density at radius 1 is 0.472 bits per heavy atom. The Morgan fingerprint density at radius 3 is 1.08 bits per heavy atom. The first-order valence-electron chi connectivity index (χ1n) is 14.1. The summed E-state index contributed by atoms with van der Waals surface area (Å²) in [6.45, 7) is 0. The van der Waals surface area contributed by atoms with E-state index >= 15 is 26.3 Å². The molecule has 0 saturated carbocycles. The minimum Gasteiger partial charge on any atom is -0.266 e. The van der Waals surface area contributed by atoms with E-state index in [-0.39, 0.29) is 34.4 Å². The van der Waals surface area contributed by atoms with Gasteiger partial charge in [-0.1, -0.05) is 44.0 Å². The molecule has 0 atom stereocenters. The van der Waals surface area contributed by atoms with E-state index in [1.807, 2.05) is 0 Å². The molecule has 12 nitrogen and oxygen atoms in total. The highest BCUT2D eigenvalue weighted by atomic mass is 79.9. The van der Waals surface area contributed by atoms with Gasteiger partial charge in [-0.15, -0.1) is 18.7 Å². The summed E-state index contributed by atoms with van der Waals surface area (Å²) in [5, 5.41) is -0.684. The molecule has 6 rings (SSSR count). The van der Waals surface area contributed by atoms with E-state index in [1.165, 1.54) is 24.3 Å². The van der Waals surface area contributed by atoms with E-state index in [0.717, 1.165) is 24.3 Å². The minimum atomic E-state index is -6.33. The van der Waals surface area contributed by atoms with Gasteiger partial charge in [-0.25, -0.2) is 0 Å². The van der Waals surface area contributed by atoms with Crippen LogP contribution >= 0.6 is 31.9 Å². The van der Waals surface area contributed by atoms with Crippen molar-refractivity contribution in [1.29, 1.82) is 0 Å². The van der Waals surface area contributed by atoms with E-state index in [4.69, 9.17) is 0 Å². The number of hydrogen-bond acceptors (Lipinski definition) is 10. The maximum Gasteiger partial charge on any atom is 0.411 e. The van der Waals surface area contributed by atoms with Crippen molar-refractivity contribution in [3.8, 4) is 0 Å². The molecule has 53 heavy (non-hydrogen) atoms. The largest absolute Gasteiger partial charge is 0.411 e. The number of hydroxylamine groups is 4. The zero-order valence-electron chi connectivity index (χ0n) is 25.4. The lowest BCUT2D eigenvalue weighted by Crippen LogP contribution is -2.55. The summed E-state index contributed by atoms with van der Waals surface area (Å²) < 4.78 is 152. The third-order valence-corrected chi connectivity index (χ3v) is 11.4. The summed E-state index contributed by atoms with van der Waals surface area (Å²) in [5.74, 6) is -6.50. The fourth-order valence-electron chi connectivity index (χ4n) is 5.51. The Balaban J connectivity index is 1.41. The van der Waals surface area contributed by atoms with Crippen LogP contribution in [0.2, 0.25) is 0 Å². The van der Waals surface area contributed by atoms with E-state index in [0.29, 0.717) is 21.1 Å². The minimum absolute atomic E-state index is 0.0760. The van der Waals surface area contributed by atoms with Gasteiger partial charge in [0.15, 0.2) is 0 Å². The van der Waals surface area contributed by atoms with Crippen LogP contribution in [0.15, 0.2) is 104 Å². The van der Waals surface area contributed by atoms with Gasteiger partial charge in [-0.05, 0) is 83.9 Å². The highest BCUT2D eigenvalue weighted by molar-refractivity contribution is 9.10. The number of amides is 4. The third kappa shape index (κ3) is 6.25. The standard InChI is InChI=1S/C31H14Br2F6N2O10S2/c32-17-3-7-19(8-4-17)52(46,47)50-40-25(42)21-11-1-15(13-23(21)27(40)44)29(30(34,35)36,31(37,38)39)16-2-12-22-24(14-16)28(45)41(26(22)43)51-53(48,49)20-9-5-18(33)6-10-20/h1-14H. The number of rotatable bonds is 8. The lowest BCUT2D eigenvalue weighted by Gasteiger charge is -2.38. The number of imide groups is 2. The molecule has 0 bridgehead atoms. The second kappa shape index (κ2) is 12.8. The van der Waals surface area contributed by atoms with Crippen LogP contribution in [0.1, 0.15) is 52.6 Å². The first-order chi connectivity index (χ1) is 24.5.